The summed E-state index contributed by atoms with van der Waals surface area (Å²) >= 11 is 1.23. The lowest BCUT2D eigenvalue weighted by Gasteiger charge is -2.09. The second-order valence-electron chi connectivity index (χ2n) is 5.86. The van der Waals surface area contributed by atoms with Crippen molar-refractivity contribution in [2.45, 2.75) is 13.5 Å². The van der Waals surface area contributed by atoms with E-state index in [1.165, 1.54) is 17.4 Å². The van der Waals surface area contributed by atoms with E-state index in [0.29, 0.717) is 26.3 Å². The molecular weight excluding hydrogens is 351 g/mol. The molecule has 0 saturated heterocycles. The van der Waals surface area contributed by atoms with E-state index in [0.717, 1.165) is 0 Å². The zero-order valence-corrected chi connectivity index (χ0v) is 15.0. The summed E-state index contributed by atoms with van der Waals surface area (Å²) in [5.41, 5.74) is 0.522. The molecule has 0 aliphatic rings. The van der Waals surface area contributed by atoms with Crippen molar-refractivity contribution < 1.29 is 13.9 Å². The lowest BCUT2D eigenvalue weighted by molar-refractivity contribution is 0.0952. The second kappa shape index (κ2) is 7.98. The summed E-state index contributed by atoms with van der Waals surface area (Å²) in [6.45, 7) is 2.05. The number of carbonyl (C=O) groups excluding carboxylic acids is 1. The van der Waals surface area contributed by atoms with Gasteiger partial charge in [-0.25, -0.2) is 4.39 Å². The first kappa shape index (κ1) is 17.9. The number of rotatable bonds is 6. The fourth-order valence-corrected chi connectivity index (χ4v) is 3.67. The van der Waals surface area contributed by atoms with Crippen LogP contribution in [-0.4, -0.2) is 12.5 Å². The summed E-state index contributed by atoms with van der Waals surface area (Å²) < 4.78 is 20.8. The highest BCUT2D eigenvalue weighted by molar-refractivity contribution is 7.21. The molecule has 26 heavy (non-hydrogen) atoms. The molecule has 4 nitrogen and oxygen atoms in total. The fourth-order valence-electron chi connectivity index (χ4n) is 2.53. The van der Waals surface area contributed by atoms with Crippen LogP contribution in [0.3, 0.4) is 0 Å². The molecule has 2 aromatic carbocycles. The molecule has 0 fully saturated rings. The predicted molar refractivity (Wildman–Crippen MR) is 99.7 cm³/mol. The van der Waals surface area contributed by atoms with Crippen LogP contribution >= 0.6 is 11.3 Å². The van der Waals surface area contributed by atoms with Crippen molar-refractivity contribution >= 4 is 27.3 Å². The van der Waals surface area contributed by atoms with Gasteiger partial charge < -0.3 is 10.1 Å². The number of nitrogens with zero attached hydrogens (tertiary/aromatic N) is 1. The summed E-state index contributed by atoms with van der Waals surface area (Å²) in [6.07, 6.45) is 0. The van der Waals surface area contributed by atoms with Gasteiger partial charge in [0.1, 0.15) is 18.2 Å². The molecule has 132 valence electrons. The molecule has 1 aromatic heterocycles. The van der Waals surface area contributed by atoms with Crippen LogP contribution in [0, 0.1) is 23.1 Å². The van der Waals surface area contributed by atoms with Gasteiger partial charge >= 0.3 is 0 Å². The molecule has 3 aromatic rings. The molecule has 1 amide bonds. The van der Waals surface area contributed by atoms with Gasteiger partial charge in [-0.05, 0) is 31.2 Å². The number of nitriles is 1. The lowest BCUT2D eigenvalue weighted by atomic mass is 10.1. The summed E-state index contributed by atoms with van der Waals surface area (Å²) in [4.78, 5) is 13.0. The van der Waals surface area contributed by atoms with Gasteiger partial charge in [0.2, 0.25) is 0 Å². The van der Waals surface area contributed by atoms with Crippen LogP contribution in [0.2, 0.25) is 0 Å². The van der Waals surface area contributed by atoms with E-state index in [1.54, 1.807) is 31.2 Å². The molecule has 3 rings (SSSR count). The summed E-state index contributed by atoms with van der Waals surface area (Å²) in [6, 6.07) is 16.0. The zero-order valence-electron chi connectivity index (χ0n) is 14.2. The van der Waals surface area contributed by atoms with E-state index in [9.17, 15) is 9.18 Å². The van der Waals surface area contributed by atoms with Crippen LogP contribution in [-0.2, 0) is 6.61 Å². The molecule has 6 heteroatoms. The minimum absolute atomic E-state index is 0.0848. The van der Waals surface area contributed by atoms with Gasteiger partial charge in [0.15, 0.2) is 0 Å². The van der Waals surface area contributed by atoms with Crippen molar-refractivity contribution in [2.75, 3.05) is 6.54 Å². The summed E-state index contributed by atoms with van der Waals surface area (Å²) in [5, 5.41) is 12.0. The number of hydrogen-bond donors (Lipinski definition) is 1. The molecule has 1 atom stereocenters. The molecule has 1 N–H and O–H groups in total. The second-order valence-corrected chi connectivity index (χ2v) is 6.92. The Morgan fingerprint density at radius 1 is 1.27 bits per heavy atom. The largest absolute Gasteiger partial charge is 0.489 e. The highest BCUT2D eigenvalue weighted by Gasteiger charge is 2.21. The number of carbonyl (C=O) groups is 1. The first-order valence-corrected chi connectivity index (χ1v) is 8.97. The fraction of sp³-hybridized carbons (Fsp3) is 0.200. The third-order valence-corrected chi connectivity index (χ3v) is 5.08. The quantitative estimate of drug-likeness (QED) is 0.696. The Morgan fingerprint density at radius 2 is 2.04 bits per heavy atom. The van der Waals surface area contributed by atoms with E-state index >= 15 is 0 Å². The Morgan fingerprint density at radius 3 is 2.77 bits per heavy atom. The number of fused-ring (bicyclic) bond motifs is 1. The van der Waals surface area contributed by atoms with Gasteiger partial charge in [0, 0.05) is 22.2 Å². The standard InChI is InChI=1S/C20H17FN2O2S/c1-13(10-22)11-23-20(24)19-15(12-25-14-6-3-2-4-7-14)18-16(21)8-5-9-17(18)26-19/h2-9,13H,11-12H2,1H3,(H,23,24). The van der Waals surface area contributed by atoms with Gasteiger partial charge in [0.25, 0.3) is 5.91 Å². The van der Waals surface area contributed by atoms with E-state index in [1.807, 2.05) is 18.2 Å². The number of halogens is 1. The topological polar surface area (TPSA) is 62.1 Å². The van der Waals surface area contributed by atoms with Crippen LogP contribution in [0.15, 0.2) is 48.5 Å². The minimum atomic E-state index is -0.380. The molecule has 0 saturated carbocycles. The molecule has 1 heterocycles. The molecular formula is C20H17FN2O2S. The Bertz CT molecular complexity index is 963. The van der Waals surface area contributed by atoms with E-state index < -0.39 is 0 Å². The lowest BCUT2D eigenvalue weighted by Crippen LogP contribution is -2.28. The number of thiophene rings is 1. The molecule has 1 unspecified atom stereocenters. The van der Waals surface area contributed by atoms with Gasteiger partial charge in [-0.15, -0.1) is 11.3 Å². The van der Waals surface area contributed by atoms with Crippen molar-refractivity contribution in [3.63, 3.8) is 0 Å². The van der Waals surface area contributed by atoms with Gasteiger partial charge in [-0.1, -0.05) is 24.3 Å². The molecule has 0 radical (unpaired) electrons. The maximum absolute atomic E-state index is 14.4. The number of amides is 1. The number of hydrogen-bond acceptors (Lipinski definition) is 4. The third-order valence-electron chi connectivity index (χ3n) is 3.89. The highest BCUT2D eigenvalue weighted by atomic mass is 32.1. The first-order chi connectivity index (χ1) is 12.6. The maximum atomic E-state index is 14.4. The number of nitrogens with one attached hydrogen (secondary N) is 1. The van der Waals surface area contributed by atoms with Crippen molar-refractivity contribution in [3.8, 4) is 11.8 Å². The summed E-state index contributed by atoms with van der Waals surface area (Å²) in [5.74, 6) is -0.351. The zero-order chi connectivity index (χ0) is 18.5. The van der Waals surface area contributed by atoms with Gasteiger partial charge in [-0.3, -0.25) is 4.79 Å². The number of para-hydroxylation sites is 1. The van der Waals surface area contributed by atoms with E-state index in [2.05, 4.69) is 11.4 Å². The normalized spacial score (nSPS) is 11.7. The van der Waals surface area contributed by atoms with E-state index in [4.69, 9.17) is 10.00 Å². The highest BCUT2D eigenvalue weighted by Crippen LogP contribution is 2.34. The Balaban J connectivity index is 1.93. The van der Waals surface area contributed by atoms with Crippen LogP contribution in [0.5, 0.6) is 5.75 Å². The SMILES string of the molecule is CC(C#N)CNC(=O)c1sc2cccc(F)c2c1COc1ccccc1. The first-order valence-electron chi connectivity index (χ1n) is 8.15. The van der Waals surface area contributed by atoms with E-state index in [-0.39, 0.29) is 30.8 Å². The average molecular weight is 368 g/mol. The maximum Gasteiger partial charge on any atom is 0.261 e. The average Bonchev–Trinajstić information content (AvgIpc) is 3.05. The van der Waals surface area contributed by atoms with Crippen LogP contribution in [0.25, 0.3) is 10.1 Å². The van der Waals surface area contributed by atoms with Gasteiger partial charge in [0.05, 0.1) is 16.9 Å². The number of benzene rings is 2. The van der Waals surface area contributed by atoms with Crippen LogP contribution in [0.4, 0.5) is 4.39 Å². The smallest absolute Gasteiger partial charge is 0.261 e. The molecule has 0 aliphatic carbocycles. The minimum Gasteiger partial charge on any atom is -0.489 e. The Labute approximate surface area is 154 Å². The monoisotopic (exact) mass is 368 g/mol. The predicted octanol–water partition coefficient (Wildman–Crippen LogP) is 4.51. The van der Waals surface area contributed by atoms with Crippen LogP contribution < -0.4 is 10.1 Å². The van der Waals surface area contributed by atoms with Crippen molar-refractivity contribution in [3.05, 3.63) is 64.8 Å². The third kappa shape index (κ3) is 3.84. The van der Waals surface area contributed by atoms with Crippen molar-refractivity contribution in [1.82, 2.24) is 5.32 Å². The molecule has 0 spiro atoms. The van der Waals surface area contributed by atoms with Crippen LogP contribution in [0.1, 0.15) is 22.2 Å². The number of ether oxygens (including phenoxy) is 1. The Hall–Kier alpha value is -2.91. The van der Waals surface area contributed by atoms with Crippen molar-refractivity contribution in [1.29, 1.82) is 5.26 Å². The molecule has 0 bridgehead atoms. The Kier molecular flexibility index (Phi) is 5.49. The molecule has 0 aliphatic heterocycles. The van der Waals surface area contributed by atoms with Gasteiger partial charge in [-0.2, -0.15) is 5.26 Å². The summed E-state index contributed by atoms with van der Waals surface area (Å²) in [7, 11) is 0. The van der Waals surface area contributed by atoms with Crippen molar-refractivity contribution in [2.24, 2.45) is 5.92 Å².